The van der Waals surface area contributed by atoms with Gasteiger partial charge >= 0.3 is 5.97 Å². The highest BCUT2D eigenvalue weighted by Crippen LogP contribution is 2.70. The van der Waals surface area contributed by atoms with Gasteiger partial charge in [-0.25, -0.2) is 0 Å². The van der Waals surface area contributed by atoms with Gasteiger partial charge in [0, 0.05) is 18.3 Å². The van der Waals surface area contributed by atoms with Crippen LogP contribution in [-0.2, 0) is 14.3 Å². The van der Waals surface area contributed by atoms with Gasteiger partial charge in [0.15, 0.2) is 5.78 Å². The Morgan fingerprint density at radius 2 is 1.51 bits per heavy atom. The van der Waals surface area contributed by atoms with Gasteiger partial charge in [0.2, 0.25) is 0 Å². The Morgan fingerprint density at radius 1 is 0.829 bits per heavy atom. The number of rotatable bonds is 11. The molecule has 3 nitrogen and oxygen atoms in total. The molecule has 3 saturated carbocycles. The molecule has 0 heterocycles. The van der Waals surface area contributed by atoms with Crippen molar-refractivity contribution in [2.75, 3.05) is 0 Å². The highest BCUT2D eigenvalue weighted by Gasteiger charge is 2.64. The van der Waals surface area contributed by atoms with E-state index in [1.165, 1.54) is 69.8 Å². The van der Waals surface area contributed by atoms with Crippen LogP contribution in [0, 0.1) is 28.1 Å². The molecule has 0 amide bonds. The number of ether oxygens (including phenoxy) is 1. The predicted molar refractivity (Wildman–Crippen MR) is 143 cm³/mol. The average molecular weight is 485 g/mol. The maximum Gasteiger partial charge on any atom is 0.306 e. The van der Waals surface area contributed by atoms with Crippen molar-refractivity contribution in [1.82, 2.24) is 0 Å². The van der Waals surface area contributed by atoms with E-state index in [2.05, 4.69) is 27.7 Å². The Balaban J connectivity index is 1.28. The second-order valence-electron chi connectivity index (χ2n) is 13.3. The lowest BCUT2D eigenvalue weighted by molar-refractivity contribution is -0.167. The molecule has 0 aliphatic heterocycles. The fourth-order valence-electron chi connectivity index (χ4n) is 9.17. The highest BCUT2D eigenvalue weighted by molar-refractivity contribution is 5.91. The number of hydrogen-bond acceptors (Lipinski definition) is 3. The summed E-state index contributed by atoms with van der Waals surface area (Å²) >= 11 is 0. The van der Waals surface area contributed by atoms with Crippen LogP contribution < -0.4 is 0 Å². The fraction of sp³-hybridized carbons (Fsp3) is 0.875. The van der Waals surface area contributed by atoms with Gasteiger partial charge < -0.3 is 4.74 Å². The van der Waals surface area contributed by atoms with E-state index in [9.17, 15) is 9.59 Å². The monoisotopic (exact) mass is 484 g/mol. The van der Waals surface area contributed by atoms with Crippen molar-refractivity contribution >= 4 is 11.8 Å². The minimum Gasteiger partial charge on any atom is -0.462 e. The first-order valence-corrected chi connectivity index (χ1v) is 15.2. The number of fused-ring (bicyclic) bond motifs is 5. The Morgan fingerprint density at radius 3 is 2.23 bits per heavy atom. The fourth-order valence-corrected chi connectivity index (χ4v) is 9.17. The van der Waals surface area contributed by atoms with Crippen LogP contribution in [0.15, 0.2) is 11.6 Å². The Kier molecular flexibility index (Phi) is 8.54. The standard InChI is InChI=1S/C32H52O3/c1-5-6-7-8-9-10-11-12-13-14-29(34)35-28-16-15-26-31(3)20-17-24-23-25(33)18-21-30(24,2)27(31)19-22-32(26,28)4/h23,26-28H,5-22H2,1-4H3/t26-,27+,28-,30-,31-,32-/m0/s1. The van der Waals surface area contributed by atoms with Gasteiger partial charge in [-0.1, -0.05) is 84.6 Å². The molecule has 35 heavy (non-hydrogen) atoms. The van der Waals surface area contributed by atoms with Crippen LogP contribution in [-0.4, -0.2) is 17.9 Å². The maximum absolute atomic E-state index is 12.8. The summed E-state index contributed by atoms with van der Waals surface area (Å²) in [4.78, 5) is 24.9. The summed E-state index contributed by atoms with van der Waals surface area (Å²) < 4.78 is 6.23. The largest absolute Gasteiger partial charge is 0.462 e. The lowest BCUT2D eigenvalue weighted by Gasteiger charge is -2.63. The summed E-state index contributed by atoms with van der Waals surface area (Å²) in [6.07, 6.45) is 22.7. The molecule has 6 atom stereocenters. The molecule has 4 rings (SSSR count). The molecule has 4 aliphatic rings. The summed E-state index contributed by atoms with van der Waals surface area (Å²) in [6.45, 7) is 9.69. The van der Waals surface area contributed by atoms with Crippen LogP contribution >= 0.6 is 0 Å². The minimum absolute atomic E-state index is 0.0405. The third-order valence-corrected chi connectivity index (χ3v) is 11.2. The van der Waals surface area contributed by atoms with E-state index in [0.717, 1.165) is 38.5 Å². The van der Waals surface area contributed by atoms with Crippen molar-refractivity contribution in [3.8, 4) is 0 Å². The lowest BCUT2D eigenvalue weighted by Crippen LogP contribution is -2.57. The van der Waals surface area contributed by atoms with Crippen molar-refractivity contribution in [2.45, 2.75) is 149 Å². The van der Waals surface area contributed by atoms with Crippen molar-refractivity contribution < 1.29 is 14.3 Å². The van der Waals surface area contributed by atoms with Gasteiger partial charge in [0.1, 0.15) is 6.10 Å². The SMILES string of the molecule is CCCCCCCCCCCC(=O)O[C@H]1CC[C@@H]2[C@]1(C)CC[C@H]1[C@@]2(C)CCC2=CC(=O)CC[C@@]21C. The van der Waals surface area contributed by atoms with E-state index in [4.69, 9.17) is 4.74 Å². The lowest BCUT2D eigenvalue weighted by atomic mass is 9.41. The molecule has 0 aromatic heterocycles. The van der Waals surface area contributed by atoms with E-state index in [1.807, 2.05) is 6.08 Å². The smallest absolute Gasteiger partial charge is 0.306 e. The second kappa shape index (κ2) is 11.1. The van der Waals surface area contributed by atoms with Crippen molar-refractivity contribution in [1.29, 1.82) is 0 Å². The van der Waals surface area contributed by atoms with Gasteiger partial charge in [0.05, 0.1) is 0 Å². The van der Waals surface area contributed by atoms with Crippen LogP contribution in [0.25, 0.3) is 0 Å². The van der Waals surface area contributed by atoms with E-state index in [1.54, 1.807) is 0 Å². The molecule has 0 unspecified atom stereocenters. The number of allylic oxidation sites excluding steroid dienone is 1. The molecule has 3 fully saturated rings. The maximum atomic E-state index is 12.8. The molecule has 0 saturated heterocycles. The summed E-state index contributed by atoms with van der Waals surface area (Å²) in [5.41, 5.74) is 2.02. The summed E-state index contributed by atoms with van der Waals surface area (Å²) in [5, 5.41) is 0. The molecule has 198 valence electrons. The number of carbonyl (C=O) groups excluding carboxylic acids is 2. The molecule has 0 aromatic carbocycles. The summed E-state index contributed by atoms with van der Waals surface area (Å²) in [5.74, 6) is 1.65. The third-order valence-electron chi connectivity index (χ3n) is 11.2. The number of unbranched alkanes of at least 4 members (excludes halogenated alkanes) is 8. The molecular weight excluding hydrogens is 432 g/mol. The quantitative estimate of drug-likeness (QED) is 0.217. The third kappa shape index (κ3) is 5.30. The van der Waals surface area contributed by atoms with Gasteiger partial charge in [-0.3, -0.25) is 9.59 Å². The van der Waals surface area contributed by atoms with Crippen LogP contribution in [0.2, 0.25) is 0 Å². The van der Waals surface area contributed by atoms with E-state index < -0.39 is 0 Å². The van der Waals surface area contributed by atoms with Gasteiger partial charge in [-0.2, -0.15) is 0 Å². The van der Waals surface area contributed by atoms with Crippen LogP contribution in [0.4, 0.5) is 0 Å². The Hall–Kier alpha value is -1.12. The van der Waals surface area contributed by atoms with E-state index in [-0.39, 0.29) is 28.3 Å². The first kappa shape index (κ1) is 26.9. The number of hydrogen-bond donors (Lipinski definition) is 0. The van der Waals surface area contributed by atoms with Crippen LogP contribution in [0.5, 0.6) is 0 Å². The first-order valence-electron chi connectivity index (χ1n) is 15.2. The van der Waals surface area contributed by atoms with Crippen molar-refractivity contribution in [2.24, 2.45) is 28.1 Å². The number of ketones is 1. The first-order chi connectivity index (χ1) is 16.7. The molecule has 0 spiro atoms. The van der Waals surface area contributed by atoms with E-state index in [0.29, 0.717) is 30.5 Å². The normalized spacial score (nSPS) is 38.3. The number of esters is 1. The second-order valence-corrected chi connectivity index (χ2v) is 13.3. The molecule has 0 radical (unpaired) electrons. The molecule has 0 bridgehead atoms. The zero-order chi connectivity index (χ0) is 25.1. The van der Waals surface area contributed by atoms with Gasteiger partial charge in [-0.15, -0.1) is 0 Å². The van der Waals surface area contributed by atoms with Gasteiger partial charge in [-0.05, 0) is 80.1 Å². The van der Waals surface area contributed by atoms with Crippen molar-refractivity contribution in [3.05, 3.63) is 11.6 Å². The molecule has 0 N–H and O–H groups in total. The summed E-state index contributed by atoms with van der Waals surface area (Å²) in [6, 6.07) is 0. The van der Waals surface area contributed by atoms with Crippen LogP contribution in [0.3, 0.4) is 0 Å². The average Bonchev–Trinajstić information content (AvgIpc) is 3.15. The molecule has 3 heteroatoms. The predicted octanol–water partition coefficient (Wildman–Crippen LogP) is 8.74. The van der Waals surface area contributed by atoms with Crippen molar-refractivity contribution in [3.63, 3.8) is 0 Å². The highest BCUT2D eigenvalue weighted by atomic mass is 16.5. The Labute approximate surface area is 215 Å². The zero-order valence-electron chi connectivity index (χ0n) is 23.3. The topological polar surface area (TPSA) is 43.4 Å². The van der Waals surface area contributed by atoms with Gasteiger partial charge in [0.25, 0.3) is 0 Å². The minimum atomic E-state index is 0.0405. The molecule has 0 aromatic rings. The molecular formula is C32H52O3. The zero-order valence-corrected chi connectivity index (χ0v) is 23.3. The van der Waals surface area contributed by atoms with Crippen LogP contribution in [0.1, 0.15) is 143 Å². The molecule has 4 aliphatic carbocycles. The Bertz CT molecular complexity index is 799. The number of carbonyl (C=O) groups is 2. The summed E-state index contributed by atoms with van der Waals surface area (Å²) in [7, 11) is 0. The van der Waals surface area contributed by atoms with E-state index >= 15 is 0 Å².